The van der Waals surface area contributed by atoms with Gasteiger partial charge >= 0.3 is 0 Å². The minimum absolute atomic E-state index is 0.131. The zero-order chi connectivity index (χ0) is 15.4. The molecule has 0 unspecified atom stereocenters. The van der Waals surface area contributed by atoms with Crippen LogP contribution in [0.2, 0.25) is 0 Å². The van der Waals surface area contributed by atoms with Crippen LogP contribution in [0.5, 0.6) is 0 Å². The Morgan fingerprint density at radius 3 is 2.95 bits per heavy atom. The minimum Gasteiger partial charge on any atom is -0.349 e. The van der Waals surface area contributed by atoms with Crippen molar-refractivity contribution >= 4 is 29.0 Å². The Morgan fingerprint density at radius 1 is 1.52 bits per heavy atom. The standard InChI is InChI=1S/C15H17N3O2S/c1-3-7-16-13(19)10-5-6-11-12(9-10)17-15(21)18(8-4-2)14(11)20/h3,5-6,9H,1,4,7-8H2,2H3,(H,16,19)(H,17,21). The lowest BCUT2D eigenvalue weighted by atomic mass is 10.1. The van der Waals surface area contributed by atoms with Gasteiger partial charge in [-0.05, 0) is 36.8 Å². The van der Waals surface area contributed by atoms with Crippen molar-refractivity contribution in [1.29, 1.82) is 0 Å². The molecule has 0 aliphatic carbocycles. The zero-order valence-corrected chi connectivity index (χ0v) is 12.6. The number of rotatable bonds is 5. The largest absolute Gasteiger partial charge is 0.349 e. The summed E-state index contributed by atoms with van der Waals surface area (Å²) in [6, 6.07) is 4.93. The van der Waals surface area contributed by atoms with Gasteiger partial charge < -0.3 is 10.3 Å². The van der Waals surface area contributed by atoms with Gasteiger partial charge in [0.05, 0.1) is 10.9 Å². The smallest absolute Gasteiger partial charge is 0.262 e. The van der Waals surface area contributed by atoms with E-state index in [0.717, 1.165) is 6.42 Å². The summed E-state index contributed by atoms with van der Waals surface area (Å²) in [5.41, 5.74) is 0.917. The van der Waals surface area contributed by atoms with E-state index in [1.54, 1.807) is 24.3 Å². The fraction of sp³-hybridized carbons (Fsp3) is 0.267. The Labute approximate surface area is 127 Å². The van der Waals surface area contributed by atoms with E-state index in [9.17, 15) is 9.59 Å². The van der Waals surface area contributed by atoms with E-state index in [-0.39, 0.29) is 11.5 Å². The van der Waals surface area contributed by atoms with E-state index < -0.39 is 0 Å². The summed E-state index contributed by atoms with van der Waals surface area (Å²) in [7, 11) is 0. The molecule has 0 radical (unpaired) electrons. The Balaban J connectivity index is 2.53. The second-order valence-corrected chi connectivity index (χ2v) is 5.03. The number of amides is 1. The summed E-state index contributed by atoms with van der Waals surface area (Å²) in [6.07, 6.45) is 2.43. The van der Waals surface area contributed by atoms with Crippen molar-refractivity contribution in [3.63, 3.8) is 0 Å². The molecule has 0 atom stereocenters. The number of carbonyl (C=O) groups excluding carboxylic acids is 1. The third-order valence-electron chi connectivity index (χ3n) is 3.10. The average molecular weight is 303 g/mol. The van der Waals surface area contributed by atoms with Gasteiger partial charge in [-0.1, -0.05) is 13.0 Å². The molecule has 0 aliphatic rings. The second-order valence-electron chi connectivity index (χ2n) is 4.65. The number of H-pyrrole nitrogens is 1. The summed E-state index contributed by atoms with van der Waals surface area (Å²) < 4.78 is 1.91. The molecule has 0 bridgehead atoms. The number of hydrogen-bond acceptors (Lipinski definition) is 3. The lowest BCUT2D eigenvalue weighted by molar-refractivity contribution is 0.0958. The SMILES string of the molecule is C=CCNC(=O)c1ccc2c(=O)n(CCC)c(=S)[nH]c2c1. The maximum Gasteiger partial charge on any atom is 0.262 e. The highest BCUT2D eigenvalue weighted by atomic mass is 32.1. The molecule has 1 aromatic carbocycles. The number of hydrogen-bond donors (Lipinski definition) is 2. The topological polar surface area (TPSA) is 66.9 Å². The summed E-state index contributed by atoms with van der Waals surface area (Å²) >= 11 is 5.20. The molecule has 1 amide bonds. The lowest BCUT2D eigenvalue weighted by Gasteiger charge is -2.08. The van der Waals surface area contributed by atoms with Crippen molar-refractivity contribution in [2.45, 2.75) is 19.9 Å². The average Bonchev–Trinajstić information content (AvgIpc) is 2.48. The first-order chi connectivity index (χ1) is 10.1. The number of benzene rings is 1. The maximum atomic E-state index is 12.4. The van der Waals surface area contributed by atoms with E-state index in [0.29, 0.717) is 34.3 Å². The molecule has 0 saturated carbocycles. The van der Waals surface area contributed by atoms with Crippen molar-refractivity contribution in [2.75, 3.05) is 6.54 Å². The number of aromatic nitrogens is 2. The molecule has 0 aliphatic heterocycles. The maximum absolute atomic E-state index is 12.4. The van der Waals surface area contributed by atoms with Crippen molar-refractivity contribution in [3.05, 3.63) is 51.5 Å². The van der Waals surface area contributed by atoms with Crippen molar-refractivity contribution in [2.24, 2.45) is 0 Å². The van der Waals surface area contributed by atoms with Gasteiger partial charge in [0.2, 0.25) is 0 Å². The quantitative estimate of drug-likeness (QED) is 0.658. The summed E-state index contributed by atoms with van der Waals surface area (Å²) in [5.74, 6) is -0.214. The van der Waals surface area contributed by atoms with Crippen LogP contribution in [0.4, 0.5) is 0 Å². The van der Waals surface area contributed by atoms with E-state index in [1.807, 2.05) is 6.92 Å². The predicted octanol–water partition coefficient (Wildman–Crippen LogP) is 2.38. The molecular weight excluding hydrogens is 286 g/mol. The molecule has 21 heavy (non-hydrogen) atoms. The highest BCUT2D eigenvalue weighted by Gasteiger charge is 2.09. The third-order valence-corrected chi connectivity index (χ3v) is 3.42. The van der Waals surface area contributed by atoms with Crippen LogP contribution < -0.4 is 10.9 Å². The summed E-state index contributed by atoms with van der Waals surface area (Å²) in [4.78, 5) is 27.3. The number of aromatic amines is 1. The number of nitrogens with zero attached hydrogens (tertiary/aromatic N) is 1. The molecule has 0 saturated heterocycles. The second kappa shape index (κ2) is 6.49. The molecule has 110 valence electrons. The van der Waals surface area contributed by atoms with E-state index in [2.05, 4.69) is 16.9 Å². The van der Waals surface area contributed by atoms with Crippen molar-refractivity contribution in [3.8, 4) is 0 Å². The lowest BCUT2D eigenvalue weighted by Crippen LogP contribution is -2.24. The monoisotopic (exact) mass is 303 g/mol. The third kappa shape index (κ3) is 3.11. The molecule has 1 aromatic heterocycles. The van der Waals surface area contributed by atoms with Crippen LogP contribution in [-0.4, -0.2) is 22.0 Å². The zero-order valence-electron chi connectivity index (χ0n) is 11.8. The van der Waals surface area contributed by atoms with Gasteiger partial charge in [0.1, 0.15) is 0 Å². The van der Waals surface area contributed by atoms with E-state index in [4.69, 9.17) is 12.2 Å². The van der Waals surface area contributed by atoms with E-state index >= 15 is 0 Å². The van der Waals surface area contributed by atoms with Crippen LogP contribution in [0, 0.1) is 4.77 Å². The normalized spacial score (nSPS) is 10.5. The highest BCUT2D eigenvalue weighted by molar-refractivity contribution is 7.71. The van der Waals surface area contributed by atoms with Gasteiger partial charge in [-0.3, -0.25) is 14.2 Å². The predicted molar refractivity (Wildman–Crippen MR) is 86.2 cm³/mol. The van der Waals surface area contributed by atoms with Gasteiger partial charge in [-0.15, -0.1) is 6.58 Å². The fourth-order valence-electron chi connectivity index (χ4n) is 2.09. The van der Waals surface area contributed by atoms with Crippen LogP contribution in [0.15, 0.2) is 35.6 Å². The first kappa shape index (κ1) is 15.2. The number of fused-ring (bicyclic) bond motifs is 1. The van der Waals surface area contributed by atoms with Crippen molar-refractivity contribution in [1.82, 2.24) is 14.9 Å². The minimum atomic E-state index is -0.214. The van der Waals surface area contributed by atoms with Gasteiger partial charge in [0, 0.05) is 18.7 Å². The molecule has 0 fully saturated rings. The van der Waals surface area contributed by atoms with Gasteiger partial charge in [0.15, 0.2) is 4.77 Å². The Hall–Kier alpha value is -2.21. The molecular formula is C15H17N3O2S. The number of carbonyl (C=O) groups is 1. The molecule has 0 spiro atoms. The van der Waals surface area contributed by atoms with E-state index in [1.165, 1.54) is 4.57 Å². The van der Waals surface area contributed by atoms with Crippen LogP contribution >= 0.6 is 12.2 Å². The molecule has 1 heterocycles. The Morgan fingerprint density at radius 2 is 2.29 bits per heavy atom. The molecule has 5 nitrogen and oxygen atoms in total. The molecule has 2 rings (SSSR count). The number of nitrogens with one attached hydrogen (secondary N) is 2. The van der Waals surface area contributed by atoms with Crippen LogP contribution in [0.3, 0.4) is 0 Å². The fourth-order valence-corrected chi connectivity index (χ4v) is 2.37. The Bertz CT molecular complexity index is 805. The van der Waals surface area contributed by atoms with Crippen LogP contribution in [0.1, 0.15) is 23.7 Å². The summed E-state index contributed by atoms with van der Waals surface area (Å²) in [5, 5.41) is 3.22. The molecule has 2 aromatic rings. The van der Waals surface area contributed by atoms with Gasteiger partial charge in [-0.2, -0.15) is 0 Å². The first-order valence-corrected chi connectivity index (χ1v) is 7.15. The van der Waals surface area contributed by atoms with Gasteiger partial charge in [0.25, 0.3) is 11.5 Å². The summed E-state index contributed by atoms with van der Waals surface area (Å²) in [6.45, 7) is 6.50. The van der Waals surface area contributed by atoms with Crippen LogP contribution in [0.25, 0.3) is 10.9 Å². The van der Waals surface area contributed by atoms with Crippen LogP contribution in [-0.2, 0) is 6.54 Å². The molecule has 2 N–H and O–H groups in total. The Kier molecular flexibility index (Phi) is 4.70. The van der Waals surface area contributed by atoms with Gasteiger partial charge in [-0.25, -0.2) is 0 Å². The van der Waals surface area contributed by atoms with Crippen molar-refractivity contribution < 1.29 is 4.79 Å². The highest BCUT2D eigenvalue weighted by Crippen LogP contribution is 2.11. The molecule has 6 heteroatoms. The first-order valence-electron chi connectivity index (χ1n) is 6.74.